The lowest BCUT2D eigenvalue weighted by Crippen LogP contribution is -2.28. The van der Waals surface area contributed by atoms with Crippen molar-refractivity contribution in [2.45, 2.75) is 34.2 Å². The number of hydrogen-bond acceptors (Lipinski definition) is 5. The molecule has 0 bridgehead atoms. The smallest absolute Gasteiger partial charge is 0.324 e. The van der Waals surface area contributed by atoms with Gasteiger partial charge in [0.2, 0.25) is 5.91 Å². The van der Waals surface area contributed by atoms with Gasteiger partial charge in [0.1, 0.15) is 12.9 Å². The van der Waals surface area contributed by atoms with Crippen LogP contribution in [0.5, 0.6) is 0 Å². The first-order valence-corrected chi connectivity index (χ1v) is 11.5. The first-order chi connectivity index (χ1) is 15.8. The number of carbonyl (C=O) groups is 1. The monoisotopic (exact) mass is 457 g/mol. The van der Waals surface area contributed by atoms with E-state index in [1.54, 1.807) is 0 Å². The molecular formula is C25H23N5O2S. The molecule has 0 saturated carbocycles. The van der Waals surface area contributed by atoms with E-state index in [9.17, 15) is 9.59 Å². The number of carbonyl (C=O) groups excluding carboxylic acids is 1. The minimum Gasteiger partial charge on any atom is -0.324 e. The molecule has 2 aromatic carbocycles. The molecule has 0 fully saturated rings. The predicted octanol–water partition coefficient (Wildman–Crippen LogP) is 4.65. The van der Waals surface area contributed by atoms with Gasteiger partial charge in [-0.25, -0.2) is 18.9 Å². The predicted molar refractivity (Wildman–Crippen MR) is 132 cm³/mol. The molecule has 3 aromatic heterocycles. The molecule has 0 atom stereocenters. The molecule has 0 aliphatic carbocycles. The van der Waals surface area contributed by atoms with E-state index in [4.69, 9.17) is 0 Å². The quantitative estimate of drug-likeness (QED) is 0.426. The van der Waals surface area contributed by atoms with E-state index >= 15 is 0 Å². The fourth-order valence-corrected chi connectivity index (χ4v) is 5.17. The van der Waals surface area contributed by atoms with Gasteiger partial charge in [-0.05, 0) is 44.4 Å². The van der Waals surface area contributed by atoms with Crippen molar-refractivity contribution < 1.29 is 4.79 Å². The van der Waals surface area contributed by atoms with Gasteiger partial charge in [-0.2, -0.15) is 0 Å². The number of rotatable bonds is 4. The van der Waals surface area contributed by atoms with E-state index < -0.39 is 5.69 Å². The van der Waals surface area contributed by atoms with Gasteiger partial charge < -0.3 is 5.32 Å². The summed E-state index contributed by atoms with van der Waals surface area (Å²) in [6, 6.07) is 12.3. The lowest BCUT2D eigenvalue weighted by molar-refractivity contribution is -0.117. The van der Waals surface area contributed by atoms with Crippen LogP contribution >= 0.6 is 11.3 Å². The molecule has 0 aliphatic heterocycles. The van der Waals surface area contributed by atoms with Crippen molar-refractivity contribution in [1.29, 1.82) is 0 Å². The fourth-order valence-electron chi connectivity index (χ4n) is 4.17. The zero-order valence-corrected chi connectivity index (χ0v) is 19.7. The number of benzene rings is 2. The number of anilines is 1. The largest absolute Gasteiger partial charge is 0.352 e. The summed E-state index contributed by atoms with van der Waals surface area (Å²) in [6.45, 7) is 7.80. The number of hydrogen-bond donors (Lipinski definition) is 1. The van der Waals surface area contributed by atoms with E-state index in [0.717, 1.165) is 43.7 Å². The molecule has 5 aromatic rings. The van der Waals surface area contributed by atoms with Gasteiger partial charge in [0.05, 0.1) is 10.2 Å². The van der Waals surface area contributed by atoms with Gasteiger partial charge in [0.25, 0.3) is 0 Å². The maximum absolute atomic E-state index is 12.9. The zero-order valence-electron chi connectivity index (χ0n) is 18.8. The summed E-state index contributed by atoms with van der Waals surface area (Å²) in [4.78, 5) is 30.2. The van der Waals surface area contributed by atoms with E-state index in [1.807, 2.05) is 45.2 Å². The molecule has 3 heterocycles. The number of aromatic nitrogens is 4. The highest BCUT2D eigenvalue weighted by Gasteiger charge is 2.18. The second-order valence-corrected chi connectivity index (χ2v) is 9.27. The van der Waals surface area contributed by atoms with Gasteiger partial charge in [-0.15, -0.1) is 16.4 Å². The lowest BCUT2D eigenvalue weighted by Gasteiger charge is -2.12. The third-order valence-corrected chi connectivity index (χ3v) is 6.70. The summed E-state index contributed by atoms with van der Waals surface area (Å²) in [5, 5.41) is 9.44. The average Bonchev–Trinajstić information content (AvgIpc) is 3.33. The molecule has 5 rings (SSSR count). The molecule has 166 valence electrons. The Morgan fingerprint density at radius 2 is 1.73 bits per heavy atom. The van der Waals surface area contributed by atoms with Crippen molar-refractivity contribution in [1.82, 2.24) is 19.2 Å². The second-order valence-electron chi connectivity index (χ2n) is 8.39. The molecule has 0 saturated heterocycles. The van der Waals surface area contributed by atoms with Crippen LogP contribution in [0.3, 0.4) is 0 Å². The number of nitrogens with zero attached hydrogens (tertiary/aromatic N) is 4. The number of fused-ring (bicyclic) bond motifs is 3. The normalized spacial score (nSPS) is 11.4. The number of thiophene rings is 1. The SMILES string of the molecule is Cc1ccc(-c2csc3c2ncn2c(=O)n(CC(=O)Nc4c(C)cc(C)cc4C)nc32)cc1. The van der Waals surface area contributed by atoms with E-state index in [2.05, 4.69) is 39.7 Å². The van der Waals surface area contributed by atoms with Gasteiger partial charge in [0.15, 0.2) is 5.65 Å². The molecule has 0 spiro atoms. The Balaban J connectivity index is 1.49. The molecule has 33 heavy (non-hydrogen) atoms. The zero-order chi connectivity index (χ0) is 23.3. The van der Waals surface area contributed by atoms with Crippen molar-refractivity contribution in [3.05, 3.63) is 80.8 Å². The van der Waals surface area contributed by atoms with Gasteiger partial charge in [0, 0.05) is 16.6 Å². The van der Waals surface area contributed by atoms with Crippen LogP contribution in [-0.4, -0.2) is 25.1 Å². The summed E-state index contributed by atoms with van der Waals surface area (Å²) < 4.78 is 3.40. The number of aryl methyl sites for hydroxylation is 4. The van der Waals surface area contributed by atoms with Crippen molar-refractivity contribution in [3.8, 4) is 11.1 Å². The maximum atomic E-state index is 12.9. The number of nitrogens with one attached hydrogen (secondary N) is 1. The summed E-state index contributed by atoms with van der Waals surface area (Å²) in [5.74, 6) is -0.300. The van der Waals surface area contributed by atoms with Crippen LogP contribution in [0.1, 0.15) is 22.3 Å². The topological polar surface area (TPSA) is 81.3 Å². The fraction of sp³-hybridized carbons (Fsp3) is 0.200. The van der Waals surface area contributed by atoms with Crippen LogP contribution in [0.15, 0.2) is 52.9 Å². The highest BCUT2D eigenvalue weighted by molar-refractivity contribution is 7.18. The van der Waals surface area contributed by atoms with Crippen molar-refractivity contribution in [2.75, 3.05) is 5.32 Å². The van der Waals surface area contributed by atoms with Gasteiger partial charge in [-0.1, -0.05) is 47.5 Å². The Kier molecular flexibility index (Phi) is 5.09. The average molecular weight is 458 g/mol. The summed E-state index contributed by atoms with van der Waals surface area (Å²) in [7, 11) is 0. The Morgan fingerprint density at radius 3 is 2.42 bits per heavy atom. The van der Waals surface area contributed by atoms with Gasteiger partial charge >= 0.3 is 5.69 Å². The first-order valence-electron chi connectivity index (χ1n) is 10.6. The lowest BCUT2D eigenvalue weighted by atomic mass is 10.1. The Hall–Kier alpha value is -3.78. The van der Waals surface area contributed by atoms with E-state index in [0.29, 0.717) is 5.65 Å². The Morgan fingerprint density at radius 1 is 1.03 bits per heavy atom. The van der Waals surface area contributed by atoms with E-state index in [-0.39, 0.29) is 12.5 Å². The van der Waals surface area contributed by atoms with Crippen LogP contribution in [0, 0.1) is 27.7 Å². The van der Waals surface area contributed by atoms with Crippen LogP contribution in [-0.2, 0) is 11.3 Å². The van der Waals surface area contributed by atoms with Crippen molar-refractivity contribution in [3.63, 3.8) is 0 Å². The highest BCUT2D eigenvalue weighted by atomic mass is 32.1. The Labute approximate surface area is 194 Å². The molecule has 1 N–H and O–H groups in total. The highest BCUT2D eigenvalue weighted by Crippen LogP contribution is 2.34. The molecule has 1 amide bonds. The molecular weight excluding hydrogens is 434 g/mol. The van der Waals surface area contributed by atoms with Crippen LogP contribution in [0.25, 0.3) is 27.0 Å². The molecule has 0 radical (unpaired) electrons. The third-order valence-electron chi connectivity index (χ3n) is 5.74. The van der Waals surface area contributed by atoms with Crippen LogP contribution < -0.4 is 11.0 Å². The molecule has 7 nitrogen and oxygen atoms in total. The minimum atomic E-state index is -0.391. The first kappa shape index (κ1) is 21.1. The molecule has 0 unspecified atom stereocenters. The maximum Gasteiger partial charge on any atom is 0.352 e. The van der Waals surface area contributed by atoms with Crippen LogP contribution in [0.2, 0.25) is 0 Å². The second kappa shape index (κ2) is 7.97. The Bertz CT molecular complexity index is 1570. The van der Waals surface area contributed by atoms with Crippen LogP contribution in [0.4, 0.5) is 5.69 Å². The summed E-state index contributed by atoms with van der Waals surface area (Å²) in [6.07, 6.45) is 1.49. The number of amides is 1. The summed E-state index contributed by atoms with van der Waals surface area (Å²) >= 11 is 1.49. The van der Waals surface area contributed by atoms with Crippen molar-refractivity contribution >= 4 is 38.8 Å². The van der Waals surface area contributed by atoms with E-state index in [1.165, 1.54) is 32.3 Å². The van der Waals surface area contributed by atoms with Gasteiger partial charge in [-0.3, -0.25) is 4.79 Å². The van der Waals surface area contributed by atoms with Crippen molar-refractivity contribution in [2.24, 2.45) is 0 Å². The third kappa shape index (κ3) is 3.72. The molecule has 0 aliphatic rings. The molecule has 8 heteroatoms. The minimum absolute atomic E-state index is 0.176. The standard InChI is InChI=1S/C25H23N5O2S/c1-14-5-7-18(8-6-14)19-12-33-23-22(19)26-13-29-24(23)28-30(25(29)32)11-20(31)27-21-16(3)9-15(2)10-17(21)4/h5-10,12-13H,11H2,1-4H3,(H,27,31). The summed E-state index contributed by atoms with van der Waals surface area (Å²) in [5.41, 5.74) is 8.03.